The van der Waals surface area contributed by atoms with E-state index in [1.54, 1.807) is 19.2 Å². The molecule has 0 bridgehead atoms. The second-order valence-electron chi connectivity index (χ2n) is 5.32. The highest BCUT2D eigenvalue weighted by atomic mass is 35.5. The van der Waals surface area contributed by atoms with Crippen LogP contribution in [0, 0.1) is 5.21 Å². The molecule has 7 heteroatoms. The summed E-state index contributed by atoms with van der Waals surface area (Å²) in [5.74, 6) is 0.485. The van der Waals surface area contributed by atoms with Crippen LogP contribution in [0.3, 0.4) is 0 Å². The summed E-state index contributed by atoms with van der Waals surface area (Å²) in [6, 6.07) is 15.9. The Kier molecular flexibility index (Phi) is 5.65. The summed E-state index contributed by atoms with van der Waals surface area (Å²) < 4.78 is 5.77. The number of benzene rings is 2. The summed E-state index contributed by atoms with van der Waals surface area (Å²) >= 11 is 7.87. The second-order valence-corrected chi connectivity index (χ2v) is 6.85. The minimum Gasteiger partial charge on any atom is -0.619 e. The number of hydrogen-bond donors (Lipinski definition) is 1. The topological polar surface area (TPSA) is 65.3 Å². The Labute approximate surface area is 160 Å². The number of aromatic nitrogens is 1. The Bertz CT molecular complexity index is 915. The van der Waals surface area contributed by atoms with Crippen LogP contribution in [-0.4, -0.2) is 13.0 Å². The van der Waals surface area contributed by atoms with E-state index in [-0.39, 0.29) is 5.91 Å². The van der Waals surface area contributed by atoms with Gasteiger partial charge in [0, 0.05) is 27.6 Å². The van der Waals surface area contributed by atoms with Crippen molar-refractivity contribution in [2.45, 2.75) is 9.79 Å². The van der Waals surface area contributed by atoms with Crippen LogP contribution < -0.4 is 14.8 Å². The van der Waals surface area contributed by atoms with Gasteiger partial charge in [-0.15, -0.1) is 0 Å². The largest absolute Gasteiger partial charge is 0.619 e. The van der Waals surface area contributed by atoms with Gasteiger partial charge in [-0.05, 0) is 42.5 Å². The standard InChI is InChI=1S/C19H15ClN2O3S/c1-25-15-3-5-16(6-4-15)26-18-7-2-14(12-17(18)20)21-19(23)13-8-10-22(24)11-9-13/h2-12H,1H3,(H,21,23). The fourth-order valence-electron chi connectivity index (χ4n) is 2.20. The van der Waals surface area contributed by atoms with E-state index in [1.165, 1.54) is 36.3 Å². The number of carbonyl (C=O) groups excluding carboxylic acids is 1. The van der Waals surface area contributed by atoms with Gasteiger partial charge in [0.1, 0.15) is 5.75 Å². The third kappa shape index (κ3) is 4.47. The van der Waals surface area contributed by atoms with Crippen molar-refractivity contribution in [3.8, 4) is 5.75 Å². The molecule has 1 heterocycles. The van der Waals surface area contributed by atoms with Crippen molar-refractivity contribution < 1.29 is 14.3 Å². The van der Waals surface area contributed by atoms with Gasteiger partial charge in [0.2, 0.25) is 0 Å². The van der Waals surface area contributed by atoms with Crippen molar-refractivity contribution in [3.05, 3.63) is 82.8 Å². The van der Waals surface area contributed by atoms with Crippen LogP contribution in [0.1, 0.15) is 10.4 Å². The third-order valence-corrected chi connectivity index (χ3v) is 5.05. The lowest BCUT2D eigenvalue weighted by Gasteiger charge is -2.09. The first kappa shape index (κ1) is 18.1. The molecule has 26 heavy (non-hydrogen) atoms. The Morgan fingerprint density at radius 3 is 2.42 bits per heavy atom. The molecule has 0 spiro atoms. The monoisotopic (exact) mass is 386 g/mol. The summed E-state index contributed by atoms with van der Waals surface area (Å²) in [4.78, 5) is 14.1. The molecule has 0 radical (unpaired) electrons. The van der Waals surface area contributed by atoms with Gasteiger partial charge in [-0.25, -0.2) is 0 Å². The van der Waals surface area contributed by atoms with Crippen LogP contribution in [0.4, 0.5) is 5.69 Å². The van der Waals surface area contributed by atoms with E-state index in [9.17, 15) is 10.0 Å². The van der Waals surface area contributed by atoms with Gasteiger partial charge in [-0.1, -0.05) is 23.4 Å². The zero-order valence-corrected chi connectivity index (χ0v) is 15.4. The summed E-state index contributed by atoms with van der Waals surface area (Å²) in [5, 5.41) is 14.3. The number of nitrogens with one attached hydrogen (secondary N) is 1. The van der Waals surface area contributed by atoms with Gasteiger partial charge >= 0.3 is 0 Å². The number of anilines is 1. The number of hydrogen-bond acceptors (Lipinski definition) is 4. The molecule has 132 valence electrons. The normalized spacial score (nSPS) is 10.4. The minimum atomic E-state index is -0.308. The molecular formula is C19H15ClN2O3S. The molecule has 3 rings (SSSR count). The number of ether oxygens (including phenoxy) is 1. The van der Waals surface area contributed by atoms with Gasteiger partial charge < -0.3 is 15.3 Å². The van der Waals surface area contributed by atoms with Gasteiger partial charge in [0.15, 0.2) is 12.4 Å². The highest BCUT2D eigenvalue weighted by Gasteiger charge is 2.10. The Morgan fingerprint density at radius 2 is 1.81 bits per heavy atom. The number of carbonyl (C=O) groups is 1. The predicted molar refractivity (Wildman–Crippen MR) is 102 cm³/mol. The smallest absolute Gasteiger partial charge is 0.256 e. The van der Waals surface area contributed by atoms with Gasteiger partial charge in [0.25, 0.3) is 5.91 Å². The van der Waals surface area contributed by atoms with E-state index in [4.69, 9.17) is 16.3 Å². The number of halogens is 1. The summed E-state index contributed by atoms with van der Waals surface area (Å²) in [7, 11) is 1.62. The first-order valence-corrected chi connectivity index (χ1v) is 8.86. The average molecular weight is 387 g/mol. The van der Waals surface area contributed by atoms with Crippen molar-refractivity contribution in [2.75, 3.05) is 12.4 Å². The van der Waals surface area contributed by atoms with E-state index in [0.717, 1.165) is 15.5 Å². The molecule has 0 aliphatic rings. The molecule has 5 nitrogen and oxygen atoms in total. The van der Waals surface area contributed by atoms with E-state index in [2.05, 4.69) is 5.32 Å². The van der Waals surface area contributed by atoms with E-state index in [0.29, 0.717) is 21.0 Å². The number of methoxy groups -OCH3 is 1. The van der Waals surface area contributed by atoms with Crippen LogP contribution >= 0.6 is 23.4 Å². The Balaban J connectivity index is 1.70. The summed E-state index contributed by atoms with van der Waals surface area (Å²) in [6.07, 6.45) is 2.55. The van der Waals surface area contributed by atoms with Crippen molar-refractivity contribution in [1.29, 1.82) is 0 Å². The number of pyridine rings is 1. The summed E-state index contributed by atoms with van der Waals surface area (Å²) in [6.45, 7) is 0. The molecular weight excluding hydrogens is 372 g/mol. The lowest BCUT2D eigenvalue weighted by Crippen LogP contribution is -2.25. The highest BCUT2D eigenvalue weighted by Crippen LogP contribution is 2.35. The molecule has 1 aromatic heterocycles. The molecule has 3 aromatic rings. The average Bonchev–Trinajstić information content (AvgIpc) is 2.65. The van der Waals surface area contributed by atoms with Crippen LogP contribution in [-0.2, 0) is 0 Å². The van der Waals surface area contributed by atoms with Crippen LogP contribution in [0.5, 0.6) is 5.75 Å². The summed E-state index contributed by atoms with van der Waals surface area (Å²) in [5.41, 5.74) is 0.975. The molecule has 0 unspecified atom stereocenters. The molecule has 1 amide bonds. The van der Waals surface area contributed by atoms with Crippen LogP contribution in [0.2, 0.25) is 5.02 Å². The lowest BCUT2D eigenvalue weighted by molar-refractivity contribution is -0.605. The zero-order chi connectivity index (χ0) is 18.5. The number of rotatable bonds is 5. The van der Waals surface area contributed by atoms with Crippen molar-refractivity contribution in [3.63, 3.8) is 0 Å². The predicted octanol–water partition coefficient (Wildman–Crippen LogP) is 4.39. The molecule has 0 aliphatic carbocycles. The zero-order valence-electron chi connectivity index (χ0n) is 13.8. The van der Waals surface area contributed by atoms with Crippen molar-refractivity contribution >= 4 is 35.0 Å². The quantitative estimate of drug-likeness (QED) is 0.522. The van der Waals surface area contributed by atoms with Crippen molar-refractivity contribution in [1.82, 2.24) is 0 Å². The molecule has 0 saturated carbocycles. The van der Waals surface area contributed by atoms with Gasteiger partial charge in [-0.3, -0.25) is 4.79 Å². The molecule has 0 aliphatic heterocycles. The minimum absolute atomic E-state index is 0.308. The van der Waals surface area contributed by atoms with Gasteiger partial charge in [-0.2, -0.15) is 4.73 Å². The fraction of sp³-hybridized carbons (Fsp3) is 0.0526. The highest BCUT2D eigenvalue weighted by molar-refractivity contribution is 7.99. The maximum Gasteiger partial charge on any atom is 0.256 e. The Hall–Kier alpha value is -2.70. The number of nitrogens with zero attached hydrogens (tertiary/aromatic N) is 1. The van der Waals surface area contributed by atoms with Crippen LogP contribution in [0.15, 0.2) is 76.8 Å². The molecule has 0 saturated heterocycles. The van der Waals surface area contributed by atoms with Crippen LogP contribution in [0.25, 0.3) is 0 Å². The second kappa shape index (κ2) is 8.12. The van der Waals surface area contributed by atoms with E-state index >= 15 is 0 Å². The van der Waals surface area contributed by atoms with E-state index in [1.807, 2.05) is 30.3 Å². The van der Waals surface area contributed by atoms with Crippen molar-refractivity contribution in [2.24, 2.45) is 0 Å². The fourth-order valence-corrected chi connectivity index (χ4v) is 3.31. The number of amides is 1. The SMILES string of the molecule is COc1ccc(Sc2ccc(NC(=O)c3cc[n+]([O-])cc3)cc2Cl)cc1. The molecule has 0 atom stereocenters. The Morgan fingerprint density at radius 1 is 1.12 bits per heavy atom. The first-order chi connectivity index (χ1) is 12.5. The van der Waals surface area contributed by atoms with Gasteiger partial charge in [0.05, 0.1) is 17.7 Å². The first-order valence-electron chi connectivity index (χ1n) is 7.67. The molecule has 1 N–H and O–H groups in total. The lowest BCUT2D eigenvalue weighted by atomic mass is 10.2. The third-order valence-electron chi connectivity index (χ3n) is 3.54. The van der Waals surface area contributed by atoms with E-state index < -0.39 is 0 Å². The molecule has 2 aromatic carbocycles. The maximum atomic E-state index is 12.2. The molecule has 0 fully saturated rings. The maximum absolute atomic E-state index is 12.2.